The third-order valence-corrected chi connectivity index (χ3v) is 10.6. The summed E-state index contributed by atoms with van der Waals surface area (Å²) in [6.07, 6.45) is 2.34. The normalized spacial score (nSPS) is 15.2. The van der Waals surface area contributed by atoms with Gasteiger partial charge in [-0.25, -0.2) is 17.9 Å². The maximum Gasteiger partial charge on any atom is 0.333 e. The van der Waals surface area contributed by atoms with Gasteiger partial charge in [-0.2, -0.15) is 4.98 Å². The summed E-state index contributed by atoms with van der Waals surface area (Å²) in [5.74, 6) is 3.17. The van der Waals surface area contributed by atoms with Crippen LogP contribution in [0.2, 0.25) is 0 Å². The Morgan fingerprint density at radius 2 is 1.78 bits per heavy atom. The average Bonchev–Trinajstić information content (AvgIpc) is 3.87. The molecule has 7 rings (SSSR count). The summed E-state index contributed by atoms with van der Waals surface area (Å²) in [4.78, 5) is 93.9. The molecule has 3 aromatic heterocycles. The van der Waals surface area contributed by atoms with Crippen molar-refractivity contribution >= 4 is 56.2 Å². The van der Waals surface area contributed by atoms with Gasteiger partial charge in [0.05, 0.1) is 55.2 Å². The minimum atomic E-state index is -3.79. The van der Waals surface area contributed by atoms with Crippen molar-refractivity contribution in [1.82, 2.24) is 43.9 Å². The van der Waals surface area contributed by atoms with E-state index in [0.29, 0.717) is 23.6 Å². The number of imide groups is 2. The summed E-state index contributed by atoms with van der Waals surface area (Å²) < 4.78 is 40.6. The van der Waals surface area contributed by atoms with Crippen molar-refractivity contribution < 1.29 is 41.9 Å². The molecule has 0 saturated carbocycles. The lowest BCUT2D eigenvalue weighted by Crippen LogP contribution is -2.54. The van der Waals surface area contributed by atoms with E-state index in [1.54, 1.807) is 30.5 Å². The van der Waals surface area contributed by atoms with Gasteiger partial charge in [0.1, 0.15) is 18.4 Å². The lowest BCUT2D eigenvalue weighted by Gasteiger charge is -2.27. The minimum absolute atomic E-state index is 0.00573. The van der Waals surface area contributed by atoms with E-state index < -0.39 is 56.7 Å². The minimum Gasteiger partial charge on any atom is -0.491 e. The van der Waals surface area contributed by atoms with Crippen LogP contribution >= 0.6 is 0 Å². The first-order chi connectivity index (χ1) is 28.6. The van der Waals surface area contributed by atoms with Crippen LogP contribution in [0.4, 0.5) is 5.69 Å². The molecule has 2 N–H and O–H groups in total. The summed E-state index contributed by atoms with van der Waals surface area (Å²) >= 11 is 0. The molecule has 5 heterocycles. The molecule has 0 bridgehead atoms. The van der Waals surface area contributed by atoms with Crippen molar-refractivity contribution in [1.29, 1.82) is 0 Å². The highest BCUT2D eigenvalue weighted by atomic mass is 32.2. The lowest BCUT2D eigenvalue weighted by atomic mass is 10.0. The van der Waals surface area contributed by atoms with E-state index in [2.05, 4.69) is 37.8 Å². The zero-order chi connectivity index (χ0) is 42.9. The fraction of sp³-hybridized carbons (Fsp3) is 0.316. The Morgan fingerprint density at radius 3 is 2.55 bits per heavy atom. The third-order valence-electron chi connectivity index (χ3n) is 9.58. The number of carbonyl (C=O) groups is 5. The second-order valence-electron chi connectivity index (χ2n) is 13.8. The van der Waals surface area contributed by atoms with E-state index in [9.17, 15) is 42.0 Å². The molecule has 1 unspecified atom stereocenters. The largest absolute Gasteiger partial charge is 0.491 e. The second kappa shape index (κ2) is 16.5. The van der Waals surface area contributed by atoms with Crippen molar-refractivity contribution in [3.63, 3.8) is 0 Å². The van der Waals surface area contributed by atoms with Crippen LogP contribution in [0.15, 0.2) is 63.4 Å². The summed E-state index contributed by atoms with van der Waals surface area (Å²) in [6.45, 7) is 0.834. The van der Waals surface area contributed by atoms with Gasteiger partial charge in [0, 0.05) is 38.5 Å². The molecule has 1 fully saturated rings. The number of benzene rings is 2. The molecule has 310 valence electrons. The Kier molecular flexibility index (Phi) is 11.3. The quantitative estimate of drug-likeness (QED) is 0.0833. The standard InChI is InChI=1S/C38H36N10O11S/c1-44-31-32(41-37(44)60(3,56)57)47(38(55)45(2)36(31)54)14-6-8-22-7-4-9-24(19-22)59-18-17-58-16-15-46-21-23(42-43-46)20-29(50)39-26-11-5-10-25-30(26)35(53)48(34(25)52)27-12-13-28(49)40-33(27)51/h4-5,7,9-11,19,21,27H,12-18,20H2,1-3H3,(H,39,50)(H,40,49,51). The number of ether oxygens (including phenoxy) is 2. The number of aromatic nitrogens is 7. The smallest absolute Gasteiger partial charge is 0.333 e. The Morgan fingerprint density at radius 1 is 1.00 bits per heavy atom. The van der Waals surface area contributed by atoms with Gasteiger partial charge in [0.25, 0.3) is 17.4 Å². The van der Waals surface area contributed by atoms with Crippen molar-refractivity contribution in [3.8, 4) is 17.6 Å². The van der Waals surface area contributed by atoms with Crippen LogP contribution < -0.4 is 26.6 Å². The highest BCUT2D eigenvalue weighted by Gasteiger charge is 2.45. The van der Waals surface area contributed by atoms with Crippen LogP contribution in [0, 0.1) is 11.8 Å². The van der Waals surface area contributed by atoms with E-state index in [4.69, 9.17) is 9.47 Å². The number of hydrogen-bond donors (Lipinski definition) is 2. The molecule has 5 aromatic rings. The summed E-state index contributed by atoms with van der Waals surface area (Å²) in [6, 6.07) is 10.2. The van der Waals surface area contributed by atoms with Gasteiger partial charge in [0.2, 0.25) is 32.7 Å². The van der Waals surface area contributed by atoms with Gasteiger partial charge >= 0.3 is 5.69 Å². The fourth-order valence-corrected chi connectivity index (χ4v) is 7.59. The highest BCUT2D eigenvalue weighted by molar-refractivity contribution is 7.90. The van der Waals surface area contributed by atoms with Crippen LogP contribution in [0.1, 0.15) is 44.8 Å². The molecular formula is C38H36N10O11S. The third kappa shape index (κ3) is 8.20. The number of nitrogens with zero attached hydrogens (tertiary/aromatic N) is 8. The van der Waals surface area contributed by atoms with E-state index in [1.165, 1.54) is 37.0 Å². The SMILES string of the molecule is Cn1c(=O)c2c(nc(S(C)(=O)=O)n2C)n(CC#Cc2cccc(OCCOCCn3cc(CC(=O)Nc4cccc5c4C(=O)N(C4CCC(=O)NC4=O)C5=O)nn3)c2)c1=O. The summed E-state index contributed by atoms with van der Waals surface area (Å²) in [5.41, 5.74) is -0.488. The first-order valence-corrected chi connectivity index (χ1v) is 20.2. The summed E-state index contributed by atoms with van der Waals surface area (Å²) in [5, 5.41) is 12.5. The van der Waals surface area contributed by atoms with Crippen molar-refractivity contribution in [3.05, 3.63) is 91.9 Å². The van der Waals surface area contributed by atoms with Crippen LogP contribution in [-0.4, -0.2) is 109 Å². The molecule has 2 aliphatic heterocycles. The number of aryl methyl sites for hydroxylation is 1. The van der Waals surface area contributed by atoms with E-state index in [1.807, 2.05) is 0 Å². The number of anilines is 1. The molecule has 5 amide bonds. The Bertz CT molecular complexity index is 2920. The predicted molar refractivity (Wildman–Crippen MR) is 208 cm³/mol. The number of sulfone groups is 1. The van der Waals surface area contributed by atoms with Gasteiger partial charge in [-0.3, -0.25) is 48.1 Å². The number of piperidine rings is 1. The van der Waals surface area contributed by atoms with Gasteiger partial charge in [-0.15, -0.1) is 5.10 Å². The Hall–Kier alpha value is -7.25. The molecule has 21 nitrogen and oxygen atoms in total. The van der Waals surface area contributed by atoms with Crippen molar-refractivity contribution in [2.24, 2.45) is 14.1 Å². The molecule has 60 heavy (non-hydrogen) atoms. The molecule has 0 aliphatic carbocycles. The maximum absolute atomic E-state index is 13.3. The molecular weight excluding hydrogens is 805 g/mol. The molecule has 22 heteroatoms. The van der Waals surface area contributed by atoms with Crippen LogP contribution in [0.25, 0.3) is 11.2 Å². The number of nitrogens with one attached hydrogen (secondary N) is 2. The Balaban J connectivity index is 0.870. The number of carbonyl (C=O) groups excluding carboxylic acids is 5. The fourth-order valence-electron chi connectivity index (χ4n) is 6.75. The molecule has 2 aromatic carbocycles. The van der Waals surface area contributed by atoms with Crippen LogP contribution in [0.3, 0.4) is 0 Å². The van der Waals surface area contributed by atoms with Gasteiger partial charge in [0.15, 0.2) is 11.2 Å². The van der Waals surface area contributed by atoms with Gasteiger partial charge in [-0.1, -0.05) is 29.2 Å². The average molecular weight is 841 g/mol. The zero-order valence-electron chi connectivity index (χ0n) is 32.3. The maximum atomic E-state index is 13.3. The second-order valence-corrected chi connectivity index (χ2v) is 15.7. The zero-order valence-corrected chi connectivity index (χ0v) is 33.1. The number of imidazole rings is 1. The lowest BCUT2D eigenvalue weighted by molar-refractivity contribution is -0.136. The molecule has 0 radical (unpaired) electrons. The van der Waals surface area contributed by atoms with E-state index in [0.717, 1.165) is 24.9 Å². The van der Waals surface area contributed by atoms with E-state index >= 15 is 0 Å². The first kappa shape index (κ1) is 40.9. The van der Waals surface area contributed by atoms with Gasteiger partial charge in [-0.05, 0) is 36.8 Å². The number of hydrogen-bond acceptors (Lipinski definition) is 14. The highest BCUT2D eigenvalue weighted by Crippen LogP contribution is 2.32. The van der Waals surface area contributed by atoms with Crippen LogP contribution in [-0.2, 0) is 62.6 Å². The number of rotatable bonds is 13. The number of fused-ring (bicyclic) bond motifs is 2. The monoisotopic (exact) mass is 840 g/mol. The number of amides is 5. The topological polar surface area (TPSA) is 258 Å². The summed E-state index contributed by atoms with van der Waals surface area (Å²) in [7, 11) is -1.10. The van der Waals surface area contributed by atoms with Gasteiger partial charge < -0.3 is 19.4 Å². The van der Waals surface area contributed by atoms with Crippen LogP contribution in [0.5, 0.6) is 5.75 Å². The predicted octanol–water partition coefficient (Wildman–Crippen LogP) is -0.842. The molecule has 0 spiro atoms. The Labute approximate surface area is 339 Å². The molecule has 1 saturated heterocycles. The first-order valence-electron chi connectivity index (χ1n) is 18.3. The van der Waals surface area contributed by atoms with E-state index in [-0.39, 0.29) is 78.8 Å². The van der Waals surface area contributed by atoms with Crippen molar-refractivity contribution in [2.45, 2.75) is 43.6 Å². The molecule has 1 atom stereocenters. The molecule has 2 aliphatic rings. The van der Waals surface area contributed by atoms with Crippen molar-refractivity contribution in [2.75, 3.05) is 31.4 Å².